The van der Waals surface area contributed by atoms with E-state index in [1.54, 1.807) is 24.3 Å². The van der Waals surface area contributed by atoms with E-state index in [2.05, 4.69) is 10.0 Å². The van der Waals surface area contributed by atoms with E-state index in [9.17, 15) is 21.6 Å². The monoisotopic (exact) mass is 508 g/mol. The molecule has 0 unspecified atom stereocenters. The van der Waals surface area contributed by atoms with Crippen molar-refractivity contribution in [3.8, 4) is 17.2 Å². The van der Waals surface area contributed by atoms with Crippen LogP contribution in [0.15, 0.2) is 71.6 Å². The minimum Gasteiger partial charge on any atom is -0.488 e. The molecule has 0 saturated carbocycles. The lowest BCUT2D eigenvalue weighted by molar-refractivity contribution is -0.137. The van der Waals surface area contributed by atoms with Crippen LogP contribution >= 0.6 is 0 Å². The van der Waals surface area contributed by atoms with Gasteiger partial charge in [0.1, 0.15) is 19.8 Å². The third-order valence-corrected chi connectivity index (χ3v) is 6.46. The maximum Gasteiger partial charge on any atom is 0.416 e. The summed E-state index contributed by atoms with van der Waals surface area (Å²) in [4.78, 5) is -0.261. The SMILES string of the molecule is O=S(=O)(Nc1cccc(CNCCOc2cccc3c2OCCO3)c1)c1ccc(C(F)(F)F)cc1. The minimum absolute atomic E-state index is 0.261. The van der Waals surface area contributed by atoms with E-state index >= 15 is 0 Å². The van der Waals surface area contributed by atoms with Crippen LogP contribution in [0.1, 0.15) is 11.1 Å². The lowest BCUT2D eigenvalue weighted by Crippen LogP contribution is -2.21. The Labute approximate surface area is 200 Å². The molecular formula is C24H23F3N2O5S. The zero-order chi connectivity index (χ0) is 24.9. The molecule has 0 atom stereocenters. The number of fused-ring (bicyclic) bond motifs is 1. The van der Waals surface area contributed by atoms with Gasteiger partial charge in [0.2, 0.25) is 5.75 Å². The van der Waals surface area contributed by atoms with E-state index in [1.807, 2.05) is 18.2 Å². The molecule has 1 aliphatic heterocycles. The third kappa shape index (κ3) is 6.37. The van der Waals surface area contributed by atoms with E-state index < -0.39 is 21.8 Å². The average Bonchev–Trinajstić information content (AvgIpc) is 2.83. The summed E-state index contributed by atoms with van der Waals surface area (Å²) < 4.78 is 82.6. The number of sulfonamides is 1. The molecule has 3 aromatic rings. The van der Waals surface area contributed by atoms with E-state index in [4.69, 9.17) is 14.2 Å². The van der Waals surface area contributed by atoms with Gasteiger partial charge in [0.05, 0.1) is 10.5 Å². The molecule has 0 bridgehead atoms. The summed E-state index contributed by atoms with van der Waals surface area (Å²) in [5.41, 5.74) is 0.196. The molecule has 1 heterocycles. The maximum atomic E-state index is 12.7. The normalized spacial score (nSPS) is 13.3. The van der Waals surface area contributed by atoms with Crippen molar-refractivity contribution in [3.63, 3.8) is 0 Å². The highest BCUT2D eigenvalue weighted by atomic mass is 32.2. The fourth-order valence-electron chi connectivity index (χ4n) is 3.41. The molecule has 0 aromatic heterocycles. The molecule has 0 spiro atoms. The molecule has 3 aromatic carbocycles. The number of hydrogen-bond acceptors (Lipinski definition) is 6. The standard InChI is InChI=1S/C24H23F3N2O5S/c25-24(26,27)18-7-9-20(10-8-18)35(30,31)29-19-4-1-3-17(15-19)16-28-11-12-32-21-5-2-6-22-23(21)34-14-13-33-22/h1-10,15,28-29H,11-14,16H2. The first-order valence-electron chi connectivity index (χ1n) is 10.7. The van der Waals surface area contributed by atoms with Crippen LogP contribution < -0.4 is 24.2 Å². The number of rotatable bonds is 9. The predicted molar refractivity (Wildman–Crippen MR) is 123 cm³/mol. The Kier molecular flexibility index (Phi) is 7.37. The fraction of sp³-hybridized carbons (Fsp3) is 0.250. The Morgan fingerprint density at radius 3 is 2.46 bits per heavy atom. The first-order valence-corrected chi connectivity index (χ1v) is 12.2. The topological polar surface area (TPSA) is 85.9 Å². The van der Waals surface area contributed by atoms with Crippen molar-refractivity contribution in [3.05, 3.63) is 77.9 Å². The summed E-state index contributed by atoms with van der Waals surface area (Å²) in [7, 11) is -4.04. The van der Waals surface area contributed by atoms with E-state index in [0.29, 0.717) is 55.8 Å². The van der Waals surface area contributed by atoms with Crippen molar-refractivity contribution >= 4 is 15.7 Å². The van der Waals surface area contributed by atoms with Crippen molar-refractivity contribution in [2.24, 2.45) is 0 Å². The lowest BCUT2D eigenvalue weighted by Gasteiger charge is -2.20. The van der Waals surface area contributed by atoms with Crippen LogP contribution in [0, 0.1) is 0 Å². The maximum absolute atomic E-state index is 12.7. The number of ether oxygens (including phenoxy) is 3. The zero-order valence-corrected chi connectivity index (χ0v) is 19.3. The minimum atomic E-state index is -4.54. The summed E-state index contributed by atoms with van der Waals surface area (Å²) in [6, 6.07) is 15.5. The average molecular weight is 509 g/mol. The third-order valence-electron chi connectivity index (χ3n) is 5.07. The first kappa shape index (κ1) is 24.7. The number of para-hydroxylation sites is 1. The quantitative estimate of drug-likeness (QED) is 0.416. The van der Waals surface area contributed by atoms with Gasteiger partial charge in [-0.25, -0.2) is 8.42 Å². The van der Waals surface area contributed by atoms with Crippen molar-refractivity contribution in [2.45, 2.75) is 17.6 Å². The van der Waals surface area contributed by atoms with Crippen LogP contribution in [0.2, 0.25) is 0 Å². The molecule has 0 amide bonds. The predicted octanol–water partition coefficient (Wildman–Crippen LogP) is 4.45. The summed E-state index contributed by atoms with van der Waals surface area (Å²) in [5, 5.41) is 3.21. The second-order valence-electron chi connectivity index (χ2n) is 7.63. The molecule has 11 heteroatoms. The zero-order valence-electron chi connectivity index (χ0n) is 18.5. The van der Waals surface area contributed by atoms with Gasteiger partial charge in [0.25, 0.3) is 10.0 Å². The molecule has 2 N–H and O–H groups in total. The van der Waals surface area contributed by atoms with E-state index in [1.165, 1.54) is 0 Å². The Bertz CT molecular complexity index is 1260. The van der Waals surface area contributed by atoms with Crippen LogP contribution in [0.4, 0.5) is 18.9 Å². The Balaban J connectivity index is 1.29. The van der Waals surface area contributed by atoms with Gasteiger partial charge in [0, 0.05) is 18.8 Å². The van der Waals surface area contributed by atoms with Gasteiger partial charge in [-0.1, -0.05) is 18.2 Å². The molecular weight excluding hydrogens is 485 g/mol. The smallest absolute Gasteiger partial charge is 0.416 e. The molecule has 0 aliphatic carbocycles. The molecule has 1 aliphatic rings. The Hall–Kier alpha value is -3.44. The summed E-state index contributed by atoms with van der Waals surface area (Å²) >= 11 is 0. The van der Waals surface area contributed by atoms with Gasteiger partial charge in [-0.15, -0.1) is 0 Å². The van der Waals surface area contributed by atoms with E-state index in [-0.39, 0.29) is 4.90 Å². The van der Waals surface area contributed by atoms with Crippen LogP contribution in [0.25, 0.3) is 0 Å². The van der Waals surface area contributed by atoms with Gasteiger partial charge < -0.3 is 19.5 Å². The van der Waals surface area contributed by atoms with Crippen LogP contribution in [0.5, 0.6) is 17.2 Å². The van der Waals surface area contributed by atoms with Gasteiger partial charge in [-0.3, -0.25) is 4.72 Å². The number of benzene rings is 3. The second kappa shape index (κ2) is 10.4. The van der Waals surface area contributed by atoms with Gasteiger partial charge >= 0.3 is 6.18 Å². The Morgan fingerprint density at radius 2 is 1.69 bits per heavy atom. The molecule has 7 nitrogen and oxygen atoms in total. The lowest BCUT2D eigenvalue weighted by atomic mass is 10.2. The molecule has 186 valence electrons. The summed E-state index contributed by atoms with van der Waals surface area (Å²) in [6.07, 6.45) is -4.54. The summed E-state index contributed by atoms with van der Waals surface area (Å²) in [5.74, 6) is 1.84. The molecule has 0 radical (unpaired) electrons. The molecule has 4 rings (SSSR count). The van der Waals surface area contributed by atoms with E-state index in [0.717, 1.165) is 29.8 Å². The molecule has 0 fully saturated rings. The highest BCUT2D eigenvalue weighted by Crippen LogP contribution is 2.38. The summed E-state index contributed by atoms with van der Waals surface area (Å²) in [6.45, 7) is 2.31. The number of alkyl halides is 3. The van der Waals surface area contributed by atoms with Gasteiger partial charge in [-0.05, 0) is 54.1 Å². The largest absolute Gasteiger partial charge is 0.488 e. The number of nitrogens with one attached hydrogen (secondary N) is 2. The number of anilines is 1. The highest BCUT2D eigenvalue weighted by Gasteiger charge is 2.30. The first-order chi connectivity index (χ1) is 16.7. The van der Waals surface area contributed by atoms with Gasteiger partial charge in [-0.2, -0.15) is 13.2 Å². The fourth-order valence-corrected chi connectivity index (χ4v) is 4.46. The Morgan fingerprint density at radius 1 is 0.943 bits per heavy atom. The second-order valence-corrected chi connectivity index (χ2v) is 9.32. The van der Waals surface area contributed by atoms with Crippen molar-refractivity contribution in [1.82, 2.24) is 5.32 Å². The van der Waals surface area contributed by atoms with Crippen molar-refractivity contribution in [2.75, 3.05) is 31.1 Å². The van der Waals surface area contributed by atoms with Crippen molar-refractivity contribution in [1.29, 1.82) is 0 Å². The van der Waals surface area contributed by atoms with Crippen LogP contribution in [-0.4, -0.2) is 34.8 Å². The number of halogens is 3. The van der Waals surface area contributed by atoms with Crippen LogP contribution in [0.3, 0.4) is 0 Å². The number of hydrogen-bond donors (Lipinski definition) is 2. The molecule has 0 saturated heterocycles. The molecule has 35 heavy (non-hydrogen) atoms. The van der Waals surface area contributed by atoms with Crippen LogP contribution in [-0.2, 0) is 22.7 Å². The highest BCUT2D eigenvalue weighted by molar-refractivity contribution is 7.92. The van der Waals surface area contributed by atoms with Gasteiger partial charge in [0.15, 0.2) is 11.5 Å². The van der Waals surface area contributed by atoms with Crippen molar-refractivity contribution < 1.29 is 35.8 Å².